The highest BCUT2D eigenvalue weighted by Crippen LogP contribution is 2.06. The Hall–Kier alpha value is -0.120. The summed E-state index contributed by atoms with van der Waals surface area (Å²) in [5, 5.41) is 3.57. The minimum atomic E-state index is 0.369. The molecule has 0 spiro atoms. The summed E-state index contributed by atoms with van der Waals surface area (Å²) in [7, 11) is 0. The molecule has 0 aliphatic carbocycles. The Morgan fingerprint density at radius 3 is 2.67 bits per heavy atom. The zero-order valence-corrected chi connectivity index (χ0v) is 10.1. The van der Waals surface area contributed by atoms with Crippen LogP contribution in [0.1, 0.15) is 39.5 Å². The Morgan fingerprint density at radius 1 is 1.27 bits per heavy atom. The molecule has 0 unspecified atom stereocenters. The van der Waals surface area contributed by atoms with Crippen LogP contribution in [-0.2, 0) is 9.47 Å². The van der Waals surface area contributed by atoms with E-state index in [1.807, 2.05) is 0 Å². The molecular formula is C12H25NO2. The second kappa shape index (κ2) is 8.08. The summed E-state index contributed by atoms with van der Waals surface area (Å²) < 4.78 is 10.8. The molecule has 0 radical (unpaired) electrons. The zero-order chi connectivity index (χ0) is 10.9. The number of unbranched alkanes of at least 4 members (excludes halogenated alkanes) is 1. The number of rotatable bonds is 7. The third-order valence-electron chi connectivity index (χ3n) is 2.68. The Bertz CT molecular complexity index is 145. The van der Waals surface area contributed by atoms with Crippen molar-refractivity contribution in [2.75, 3.05) is 26.4 Å². The van der Waals surface area contributed by atoms with E-state index in [2.05, 4.69) is 19.2 Å². The van der Waals surface area contributed by atoms with Gasteiger partial charge >= 0.3 is 0 Å². The number of hydrogen-bond donors (Lipinski definition) is 1. The summed E-state index contributed by atoms with van der Waals surface area (Å²) in [6.07, 6.45) is 5.08. The molecule has 0 bridgehead atoms. The van der Waals surface area contributed by atoms with E-state index in [0.29, 0.717) is 12.1 Å². The Balaban J connectivity index is 1.83. The van der Waals surface area contributed by atoms with Gasteiger partial charge in [0.2, 0.25) is 0 Å². The van der Waals surface area contributed by atoms with E-state index in [4.69, 9.17) is 9.47 Å². The van der Waals surface area contributed by atoms with E-state index in [1.165, 1.54) is 19.3 Å². The second-order valence-electron chi connectivity index (χ2n) is 4.47. The Morgan fingerprint density at radius 2 is 2.00 bits per heavy atom. The van der Waals surface area contributed by atoms with Crippen molar-refractivity contribution in [1.82, 2.24) is 5.32 Å². The Labute approximate surface area is 93.5 Å². The van der Waals surface area contributed by atoms with Crippen LogP contribution < -0.4 is 5.32 Å². The molecule has 1 heterocycles. The molecule has 1 N–H and O–H groups in total. The van der Waals surface area contributed by atoms with Crippen molar-refractivity contribution < 1.29 is 9.47 Å². The lowest BCUT2D eigenvalue weighted by molar-refractivity contribution is 0.0718. The molecule has 0 aromatic carbocycles. The lowest BCUT2D eigenvalue weighted by atomic mass is 10.1. The average molecular weight is 215 g/mol. The third kappa shape index (κ3) is 6.88. The maximum atomic E-state index is 5.49. The molecule has 1 fully saturated rings. The van der Waals surface area contributed by atoms with Crippen molar-refractivity contribution in [3.05, 3.63) is 0 Å². The van der Waals surface area contributed by atoms with Gasteiger partial charge in [-0.3, -0.25) is 0 Å². The fourth-order valence-electron chi connectivity index (χ4n) is 1.75. The number of hydrogen-bond acceptors (Lipinski definition) is 3. The first-order chi connectivity index (χ1) is 7.29. The largest absolute Gasteiger partial charge is 0.381 e. The lowest BCUT2D eigenvalue weighted by Crippen LogP contribution is -2.35. The molecule has 1 aliphatic heterocycles. The highest BCUT2D eigenvalue weighted by Gasteiger charge is 2.11. The molecule has 1 saturated heterocycles. The second-order valence-corrected chi connectivity index (χ2v) is 4.47. The van der Waals surface area contributed by atoms with Crippen molar-refractivity contribution in [2.45, 2.75) is 51.7 Å². The van der Waals surface area contributed by atoms with Gasteiger partial charge in [0.25, 0.3) is 0 Å². The summed E-state index contributed by atoms with van der Waals surface area (Å²) in [5.41, 5.74) is 0. The molecule has 0 aromatic heterocycles. The number of nitrogens with one attached hydrogen (secondary N) is 1. The summed E-state index contributed by atoms with van der Waals surface area (Å²) in [4.78, 5) is 0. The van der Waals surface area contributed by atoms with Gasteiger partial charge in [-0.15, -0.1) is 0 Å². The fraction of sp³-hybridized carbons (Fsp3) is 1.00. The van der Waals surface area contributed by atoms with Gasteiger partial charge in [-0.05, 0) is 46.1 Å². The molecule has 3 heteroatoms. The molecule has 0 aromatic rings. The summed E-state index contributed by atoms with van der Waals surface area (Å²) in [6, 6.07) is 0.685. The van der Waals surface area contributed by atoms with Gasteiger partial charge in [0.1, 0.15) is 0 Å². The van der Waals surface area contributed by atoms with Crippen molar-refractivity contribution in [3.63, 3.8) is 0 Å². The van der Waals surface area contributed by atoms with Crippen molar-refractivity contribution in [1.29, 1.82) is 0 Å². The molecule has 0 atom stereocenters. The van der Waals surface area contributed by atoms with Crippen LogP contribution in [0.5, 0.6) is 0 Å². The van der Waals surface area contributed by atoms with E-state index in [9.17, 15) is 0 Å². The number of ether oxygens (including phenoxy) is 2. The maximum Gasteiger partial charge on any atom is 0.0518 e. The molecule has 15 heavy (non-hydrogen) atoms. The first-order valence-corrected chi connectivity index (χ1v) is 6.22. The van der Waals surface area contributed by atoms with Crippen LogP contribution in [-0.4, -0.2) is 38.5 Å². The van der Waals surface area contributed by atoms with Crippen LogP contribution >= 0.6 is 0 Å². The predicted octanol–water partition coefficient (Wildman–Crippen LogP) is 1.96. The van der Waals surface area contributed by atoms with E-state index in [-0.39, 0.29) is 0 Å². The van der Waals surface area contributed by atoms with E-state index in [0.717, 1.165) is 32.8 Å². The molecule has 0 saturated carbocycles. The highest BCUT2D eigenvalue weighted by molar-refractivity contribution is 4.69. The van der Waals surface area contributed by atoms with Gasteiger partial charge in [0.05, 0.1) is 6.10 Å². The van der Waals surface area contributed by atoms with E-state index in [1.54, 1.807) is 0 Å². The highest BCUT2D eigenvalue weighted by atomic mass is 16.5. The average Bonchev–Trinajstić information content (AvgIpc) is 2.24. The Kier molecular flexibility index (Phi) is 6.98. The van der Waals surface area contributed by atoms with Gasteiger partial charge in [-0.1, -0.05) is 0 Å². The minimum absolute atomic E-state index is 0.369. The zero-order valence-electron chi connectivity index (χ0n) is 10.1. The maximum absolute atomic E-state index is 5.49. The molecular weight excluding hydrogens is 190 g/mol. The quantitative estimate of drug-likeness (QED) is 0.659. The summed E-state index contributed by atoms with van der Waals surface area (Å²) >= 11 is 0. The SMILES string of the molecule is CC(C)OCCCCNC1CCOCC1. The van der Waals surface area contributed by atoms with Crippen molar-refractivity contribution in [2.24, 2.45) is 0 Å². The molecule has 1 rings (SSSR count). The molecule has 90 valence electrons. The monoisotopic (exact) mass is 215 g/mol. The summed E-state index contributed by atoms with van der Waals surface area (Å²) in [6.45, 7) is 8.03. The van der Waals surface area contributed by atoms with Crippen LogP contribution in [0, 0.1) is 0 Å². The van der Waals surface area contributed by atoms with Crippen LogP contribution in [0.25, 0.3) is 0 Å². The molecule has 3 nitrogen and oxygen atoms in total. The standard InChI is InChI=1S/C12H25NO2/c1-11(2)15-8-4-3-7-13-12-5-9-14-10-6-12/h11-13H,3-10H2,1-2H3. The van der Waals surface area contributed by atoms with Gasteiger partial charge in [-0.2, -0.15) is 0 Å². The van der Waals surface area contributed by atoms with E-state index >= 15 is 0 Å². The lowest BCUT2D eigenvalue weighted by Gasteiger charge is -2.23. The van der Waals surface area contributed by atoms with Gasteiger partial charge < -0.3 is 14.8 Å². The minimum Gasteiger partial charge on any atom is -0.381 e. The first kappa shape index (κ1) is 12.9. The topological polar surface area (TPSA) is 30.5 Å². The first-order valence-electron chi connectivity index (χ1n) is 6.22. The normalized spacial score (nSPS) is 18.6. The van der Waals surface area contributed by atoms with Crippen molar-refractivity contribution >= 4 is 0 Å². The van der Waals surface area contributed by atoms with Crippen LogP contribution in [0.2, 0.25) is 0 Å². The smallest absolute Gasteiger partial charge is 0.0518 e. The van der Waals surface area contributed by atoms with Crippen LogP contribution in [0.4, 0.5) is 0 Å². The predicted molar refractivity (Wildman–Crippen MR) is 62.2 cm³/mol. The van der Waals surface area contributed by atoms with Gasteiger partial charge in [0, 0.05) is 25.9 Å². The summed E-state index contributed by atoms with van der Waals surface area (Å²) in [5.74, 6) is 0. The molecule has 0 amide bonds. The third-order valence-corrected chi connectivity index (χ3v) is 2.68. The fourth-order valence-corrected chi connectivity index (χ4v) is 1.75. The van der Waals surface area contributed by atoms with E-state index < -0.39 is 0 Å². The van der Waals surface area contributed by atoms with Crippen LogP contribution in [0.3, 0.4) is 0 Å². The van der Waals surface area contributed by atoms with Gasteiger partial charge in [0.15, 0.2) is 0 Å². The van der Waals surface area contributed by atoms with Gasteiger partial charge in [-0.25, -0.2) is 0 Å². The van der Waals surface area contributed by atoms with Crippen molar-refractivity contribution in [3.8, 4) is 0 Å². The van der Waals surface area contributed by atoms with Crippen LogP contribution in [0.15, 0.2) is 0 Å². The molecule has 1 aliphatic rings.